The molecule has 4 nitrogen and oxygen atoms in total. The lowest BCUT2D eigenvalue weighted by atomic mass is 9.88. The van der Waals surface area contributed by atoms with E-state index in [-0.39, 0.29) is 0 Å². The zero-order valence-electron chi connectivity index (χ0n) is 10.8. The van der Waals surface area contributed by atoms with Gasteiger partial charge in [0.15, 0.2) is 0 Å². The van der Waals surface area contributed by atoms with Crippen LogP contribution in [0.15, 0.2) is 0 Å². The third kappa shape index (κ3) is 4.54. The number of amides is 1. The Morgan fingerprint density at radius 2 is 1.67 bits per heavy atom. The monoisotopic (exact) mass is 269 g/mol. The first-order valence-corrected chi connectivity index (χ1v) is 5.47. The summed E-state index contributed by atoms with van der Waals surface area (Å²) in [6.45, 7) is 4.68. The number of carboxylic acids is 1. The van der Waals surface area contributed by atoms with Crippen molar-refractivity contribution >= 4 is 11.9 Å². The molecular formula is C11H18F3NO3. The maximum atomic E-state index is 12.5. The van der Waals surface area contributed by atoms with Crippen molar-refractivity contribution < 1.29 is 27.9 Å². The van der Waals surface area contributed by atoms with Gasteiger partial charge in [0, 0.05) is 12.5 Å². The summed E-state index contributed by atoms with van der Waals surface area (Å²) in [4.78, 5) is 22.1. The number of rotatable bonds is 5. The van der Waals surface area contributed by atoms with E-state index in [9.17, 15) is 22.8 Å². The van der Waals surface area contributed by atoms with E-state index in [1.807, 2.05) is 0 Å². The molecule has 0 fully saturated rings. The fraction of sp³-hybridized carbons (Fsp3) is 0.818. The quantitative estimate of drug-likeness (QED) is 0.804. The number of hydrogen-bond donors (Lipinski definition) is 2. The zero-order valence-corrected chi connectivity index (χ0v) is 10.8. The summed E-state index contributed by atoms with van der Waals surface area (Å²) in [5, 5.41) is 11.0. The van der Waals surface area contributed by atoms with Crippen LogP contribution in [-0.2, 0) is 9.59 Å². The molecule has 106 valence electrons. The zero-order chi connectivity index (χ0) is 14.7. The molecule has 0 aromatic carbocycles. The van der Waals surface area contributed by atoms with Crippen molar-refractivity contribution in [1.29, 1.82) is 0 Å². The van der Waals surface area contributed by atoms with E-state index in [1.54, 1.807) is 0 Å². The van der Waals surface area contributed by atoms with Crippen LogP contribution in [0.3, 0.4) is 0 Å². The summed E-state index contributed by atoms with van der Waals surface area (Å²) in [6.07, 6.45) is -5.21. The van der Waals surface area contributed by atoms with Gasteiger partial charge >= 0.3 is 12.1 Å². The minimum Gasteiger partial charge on any atom is -0.481 e. The van der Waals surface area contributed by atoms with Crippen LogP contribution in [0.5, 0.6) is 0 Å². The van der Waals surface area contributed by atoms with E-state index in [0.717, 1.165) is 13.8 Å². The van der Waals surface area contributed by atoms with Crippen LogP contribution in [0.2, 0.25) is 0 Å². The summed E-state index contributed by atoms with van der Waals surface area (Å²) in [6, 6.07) is -0.723. The van der Waals surface area contributed by atoms with Gasteiger partial charge in [0.2, 0.25) is 5.91 Å². The first kappa shape index (κ1) is 16.7. The highest BCUT2D eigenvalue weighted by Gasteiger charge is 2.48. The van der Waals surface area contributed by atoms with Crippen LogP contribution in [0.25, 0.3) is 0 Å². The molecule has 0 spiro atoms. The molecule has 0 aliphatic rings. The van der Waals surface area contributed by atoms with Gasteiger partial charge in [-0.1, -0.05) is 13.8 Å². The topological polar surface area (TPSA) is 66.4 Å². The Balaban J connectivity index is 4.50. The second-order valence-corrected chi connectivity index (χ2v) is 5.04. The number of hydrogen-bond acceptors (Lipinski definition) is 2. The standard InChI is InChI=1S/C11H18F3NO3/c1-6(9(17)18)7(2)15-8(16)5-10(3,4)11(12,13)14/h6-7H,5H2,1-4H3,(H,15,16)(H,17,18). The molecule has 0 heterocycles. The lowest BCUT2D eigenvalue weighted by molar-refractivity contribution is -0.214. The first-order chi connectivity index (χ1) is 7.88. The molecule has 2 atom stereocenters. The molecule has 0 aliphatic heterocycles. The number of aliphatic carboxylic acids is 1. The molecular weight excluding hydrogens is 251 g/mol. The molecule has 0 saturated carbocycles. The Morgan fingerprint density at radius 3 is 2.00 bits per heavy atom. The largest absolute Gasteiger partial charge is 0.481 e. The summed E-state index contributed by atoms with van der Waals surface area (Å²) in [5.74, 6) is -2.78. The SMILES string of the molecule is CC(NC(=O)CC(C)(C)C(F)(F)F)C(C)C(=O)O. The summed E-state index contributed by atoms with van der Waals surface area (Å²) < 4.78 is 37.6. The molecule has 0 aromatic rings. The van der Waals surface area contributed by atoms with Gasteiger partial charge in [-0.05, 0) is 13.8 Å². The minimum atomic E-state index is -4.48. The molecule has 0 radical (unpaired) electrons. The highest BCUT2D eigenvalue weighted by Crippen LogP contribution is 2.40. The molecule has 0 saturated heterocycles. The maximum absolute atomic E-state index is 12.5. The van der Waals surface area contributed by atoms with Gasteiger partial charge in [-0.3, -0.25) is 9.59 Å². The number of halogens is 3. The number of carboxylic acid groups (broad SMARTS) is 1. The van der Waals surface area contributed by atoms with Crippen molar-refractivity contribution in [3.8, 4) is 0 Å². The third-order valence-corrected chi connectivity index (χ3v) is 2.90. The number of carbonyl (C=O) groups is 2. The molecule has 2 unspecified atom stereocenters. The van der Waals surface area contributed by atoms with Gasteiger partial charge in [-0.2, -0.15) is 13.2 Å². The van der Waals surface area contributed by atoms with E-state index in [4.69, 9.17) is 5.11 Å². The Hall–Kier alpha value is -1.27. The van der Waals surface area contributed by atoms with E-state index in [2.05, 4.69) is 5.32 Å². The fourth-order valence-corrected chi connectivity index (χ4v) is 1.15. The van der Waals surface area contributed by atoms with Gasteiger partial charge in [0.25, 0.3) is 0 Å². The van der Waals surface area contributed by atoms with Crippen molar-refractivity contribution in [1.82, 2.24) is 5.32 Å². The smallest absolute Gasteiger partial charge is 0.394 e. The van der Waals surface area contributed by atoms with E-state index >= 15 is 0 Å². The summed E-state index contributed by atoms with van der Waals surface area (Å²) in [7, 11) is 0. The van der Waals surface area contributed by atoms with Gasteiger partial charge in [0.05, 0.1) is 11.3 Å². The Morgan fingerprint density at radius 1 is 1.22 bits per heavy atom. The molecule has 0 aliphatic carbocycles. The van der Waals surface area contributed by atoms with Crippen LogP contribution in [0, 0.1) is 11.3 Å². The van der Waals surface area contributed by atoms with Crippen molar-refractivity contribution in [3.05, 3.63) is 0 Å². The second kappa shape index (κ2) is 5.58. The van der Waals surface area contributed by atoms with E-state index < -0.39 is 41.8 Å². The second-order valence-electron chi connectivity index (χ2n) is 5.04. The normalized spacial score (nSPS) is 15.9. The lowest BCUT2D eigenvalue weighted by Crippen LogP contribution is -2.44. The Kier molecular flexibility index (Phi) is 5.19. The van der Waals surface area contributed by atoms with E-state index in [1.165, 1.54) is 13.8 Å². The van der Waals surface area contributed by atoms with Crippen LogP contribution in [0.4, 0.5) is 13.2 Å². The number of carbonyl (C=O) groups excluding carboxylic acids is 1. The Bertz CT molecular complexity index is 326. The van der Waals surface area contributed by atoms with Crippen LogP contribution >= 0.6 is 0 Å². The summed E-state index contributed by atoms with van der Waals surface area (Å²) >= 11 is 0. The van der Waals surface area contributed by atoms with Gasteiger partial charge in [-0.25, -0.2) is 0 Å². The fourth-order valence-electron chi connectivity index (χ4n) is 1.15. The molecule has 0 bridgehead atoms. The average Bonchev–Trinajstić information content (AvgIpc) is 2.13. The third-order valence-electron chi connectivity index (χ3n) is 2.90. The average molecular weight is 269 g/mol. The molecule has 0 aromatic heterocycles. The summed E-state index contributed by atoms with van der Waals surface area (Å²) in [5.41, 5.74) is -2.14. The van der Waals surface area contributed by atoms with E-state index in [0.29, 0.717) is 0 Å². The molecule has 18 heavy (non-hydrogen) atoms. The Labute approximate surface area is 104 Å². The van der Waals surface area contributed by atoms with Gasteiger partial charge in [-0.15, -0.1) is 0 Å². The predicted molar refractivity (Wildman–Crippen MR) is 58.9 cm³/mol. The first-order valence-electron chi connectivity index (χ1n) is 5.47. The number of alkyl halides is 3. The van der Waals surface area contributed by atoms with Crippen molar-refractivity contribution in [2.45, 2.75) is 46.3 Å². The molecule has 2 N–H and O–H groups in total. The van der Waals surface area contributed by atoms with Crippen LogP contribution in [0.1, 0.15) is 34.1 Å². The molecule has 1 amide bonds. The lowest BCUT2D eigenvalue weighted by Gasteiger charge is -2.28. The van der Waals surface area contributed by atoms with Gasteiger partial charge in [0.1, 0.15) is 0 Å². The van der Waals surface area contributed by atoms with Crippen molar-refractivity contribution in [2.75, 3.05) is 0 Å². The molecule has 7 heteroatoms. The van der Waals surface area contributed by atoms with Crippen LogP contribution < -0.4 is 5.32 Å². The van der Waals surface area contributed by atoms with Crippen molar-refractivity contribution in [2.24, 2.45) is 11.3 Å². The maximum Gasteiger partial charge on any atom is 0.394 e. The predicted octanol–water partition coefficient (Wildman–Crippen LogP) is 2.19. The molecule has 0 rings (SSSR count). The highest BCUT2D eigenvalue weighted by molar-refractivity contribution is 5.78. The highest BCUT2D eigenvalue weighted by atomic mass is 19.4. The van der Waals surface area contributed by atoms with Crippen molar-refractivity contribution in [3.63, 3.8) is 0 Å². The van der Waals surface area contributed by atoms with Gasteiger partial charge < -0.3 is 10.4 Å². The van der Waals surface area contributed by atoms with Crippen LogP contribution in [-0.4, -0.2) is 29.2 Å². The number of nitrogens with one attached hydrogen (secondary N) is 1. The minimum absolute atomic E-state index is 0.723.